The number of halogens is 1. The number of carbonyl (C=O) groups excluding carboxylic acids is 1. The fourth-order valence-electron chi connectivity index (χ4n) is 1.98. The topological polar surface area (TPSA) is 38.3 Å². The summed E-state index contributed by atoms with van der Waals surface area (Å²) in [6.07, 6.45) is 0. The lowest BCUT2D eigenvalue weighted by Crippen LogP contribution is -2.26. The average Bonchev–Trinajstić information content (AvgIpc) is 2.47. The van der Waals surface area contributed by atoms with E-state index >= 15 is 0 Å². The van der Waals surface area contributed by atoms with Crippen molar-refractivity contribution in [2.24, 2.45) is 0 Å². The highest BCUT2D eigenvalue weighted by Crippen LogP contribution is 2.24. The number of nitrogens with one attached hydrogen (secondary N) is 1. The molecule has 1 atom stereocenters. The summed E-state index contributed by atoms with van der Waals surface area (Å²) in [5, 5.41) is 2.99. The molecule has 0 aromatic heterocycles. The van der Waals surface area contributed by atoms with Gasteiger partial charge in [0.1, 0.15) is 5.75 Å². The van der Waals surface area contributed by atoms with Crippen LogP contribution in [0.2, 0.25) is 0 Å². The Kier molecular flexibility index (Phi) is 5.00. The maximum atomic E-state index is 12.2. The van der Waals surface area contributed by atoms with E-state index in [0.717, 1.165) is 14.9 Å². The summed E-state index contributed by atoms with van der Waals surface area (Å²) in [6.45, 7) is 1.95. The normalized spacial score (nSPS) is 11.8. The van der Waals surface area contributed by atoms with Crippen molar-refractivity contribution in [2.45, 2.75) is 13.0 Å². The number of rotatable bonds is 4. The number of carbonyl (C=O) groups is 1. The Balaban J connectivity index is 2.13. The Morgan fingerprint density at radius 1 is 1.15 bits per heavy atom. The lowest BCUT2D eigenvalue weighted by atomic mass is 10.1. The van der Waals surface area contributed by atoms with E-state index in [-0.39, 0.29) is 11.9 Å². The van der Waals surface area contributed by atoms with Crippen molar-refractivity contribution < 1.29 is 9.53 Å². The summed E-state index contributed by atoms with van der Waals surface area (Å²) < 4.78 is 6.43. The van der Waals surface area contributed by atoms with Gasteiger partial charge in [-0.3, -0.25) is 4.79 Å². The number of ether oxygens (including phenoxy) is 1. The first-order chi connectivity index (χ1) is 9.61. The molecule has 4 heteroatoms. The summed E-state index contributed by atoms with van der Waals surface area (Å²) in [5.74, 6) is 0.697. The Morgan fingerprint density at radius 2 is 1.80 bits per heavy atom. The molecule has 0 aliphatic rings. The molecular weight excluding hydrogens is 365 g/mol. The molecule has 0 radical (unpaired) electrons. The van der Waals surface area contributed by atoms with Crippen molar-refractivity contribution in [3.8, 4) is 5.75 Å². The maximum Gasteiger partial charge on any atom is 0.251 e. The molecule has 0 spiro atoms. The van der Waals surface area contributed by atoms with E-state index in [0.29, 0.717) is 5.56 Å². The lowest BCUT2D eigenvalue weighted by Gasteiger charge is -2.17. The standard InChI is InChI=1S/C16H16INO2/c1-11(14-5-3-4-6-15(14)20-2)18-16(19)12-7-9-13(17)10-8-12/h3-11H,1-2H3,(H,18,19)/t11-/m1/s1. The van der Waals surface area contributed by atoms with Crippen molar-refractivity contribution in [1.82, 2.24) is 5.32 Å². The second-order valence-electron chi connectivity index (χ2n) is 4.44. The molecular formula is C16H16INO2. The predicted molar refractivity (Wildman–Crippen MR) is 88.0 cm³/mol. The summed E-state index contributed by atoms with van der Waals surface area (Å²) in [5.41, 5.74) is 1.63. The number of methoxy groups -OCH3 is 1. The fraction of sp³-hybridized carbons (Fsp3) is 0.188. The minimum absolute atomic E-state index is 0.0835. The molecule has 20 heavy (non-hydrogen) atoms. The van der Waals surface area contributed by atoms with Crippen LogP contribution < -0.4 is 10.1 Å². The molecule has 1 amide bonds. The molecule has 2 aromatic rings. The zero-order valence-corrected chi connectivity index (χ0v) is 13.5. The minimum atomic E-state index is -0.113. The molecule has 0 aliphatic carbocycles. The van der Waals surface area contributed by atoms with Gasteiger partial charge in [0.25, 0.3) is 5.91 Å². The zero-order chi connectivity index (χ0) is 14.5. The molecule has 0 saturated heterocycles. The van der Waals surface area contributed by atoms with Crippen LogP contribution in [0.1, 0.15) is 28.9 Å². The first-order valence-corrected chi connectivity index (χ1v) is 7.39. The second kappa shape index (κ2) is 6.74. The largest absolute Gasteiger partial charge is 0.496 e. The van der Waals surface area contributed by atoms with Gasteiger partial charge < -0.3 is 10.1 Å². The van der Waals surface area contributed by atoms with E-state index in [1.165, 1.54) is 0 Å². The van der Waals surface area contributed by atoms with Crippen molar-refractivity contribution in [3.05, 3.63) is 63.2 Å². The highest BCUT2D eigenvalue weighted by molar-refractivity contribution is 14.1. The average molecular weight is 381 g/mol. The Hall–Kier alpha value is -1.56. The third-order valence-electron chi connectivity index (χ3n) is 3.06. The van der Waals surface area contributed by atoms with Crippen molar-refractivity contribution in [1.29, 1.82) is 0 Å². The van der Waals surface area contributed by atoms with Gasteiger partial charge in [-0.2, -0.15) is 0 Å². The third kappa shape index (κ3) is 3.50. The Morgan fingerprint density at radius 3 is 2.45 bits per heavy atom. The van der Waals surface area contributed by atoms with Gasteiger partial charge >= 0.3 is 0 Å². The summed E-state index contributed by atoms with van der Waals surface area (Å²) in [4.78, 5) is 12.2. The number of hydrogen-bond donors (Lipinski definition) is 1. The smallest absolute Gasteiger partial charge is 0.251 e. The SMILES string of the molecule is COc1ccccc1[C@@H](C)NC(=O)c1ccc(I)cc1. The first kappa shape index (κ1) is 14.8. The van der Waals surface area contributed by atoms with Gasteiger partial charge in [-0.25, -0.2) is 0 Å². The van der Waals surface area contributed by atoms with Gasteiger partial charge in [-0.05, 0) is 59.8 Å². The molecule has 0 bridgehead atoms. The van der Waals surface area contributed by atoms with Gasteiger partial charge in [-0.1, -0.05) is 18.2 Å². The molecule has 0 unspecified atom stereocenters. The van der Waals surface area contributed by atoms with Gasteiger partial charge in [0.2, 0.25) is 0 Å². The van der Waals surface area contributed by atoms with Crippen LogP contribution in [0.15, 0.2) is 48.5 Å². The molecule has 0 saturated carbocycles. The summed E-state index contributed by atoms with van der Waals surface area (Å²) >= 11 is 2.22. The molecule has 104 valence electrons. The number of amides is 1. The van der Waals surface area contributed by atoms with E-state index < -0.39 is 0 Å². The van der Waals surface area contributed by atoms with Crippen LogP contribution in [0.3, 0.4) is 0 Å². The van der Waals surface area contributed by atoms with E-state index in [1.807, 2.05) is 55.5 Å². The lowest BCUT2D eigenvalue weighted by molar-refractivity contribution is 0.0939. The second-order valence-corrected chi connectivity index (χ2v) is 5.69. The predicted octanol–water partition coefficient (Wildman–Crippen LogP) is 3.79. The van der Waals surface area contributed by atoms with E-state index in [1.54, 1.807) is 7.11 Å². The van der Waals surface area contributed by atoms with Crippen molar-refractivity contribution in [2.75, 3.05) is 7.11 Å². The molecule has 3 nitrogen and oxygen atoms in total. The molecule has 0 aliphatic heterocycles. The van der Waals surface area contributed by atoms with Crippen molar-refractivity contribution >= 4 is 28.5 Å². The maximum absolute atomic E-state index is 12.2. The van der Waals surface area contributed by atoms with Gasteiger partial charge in [0, 0.05) is 14.7 Å². The van der Waals surface area contributed by atoms with E-state index in [4.69, 9.17) is 4.74 Å². The highest BCUT2D eigenvalue weighted by Gasteiger charge is 2.14. The minimum Gasteiger partial charge on any atom is -0.496 e. The van der Waals surface area contributed by atoms with Gasteiger partial charge in [0.05, 0.1) is 13.2 Å². The first-order valence-electron chi connectivity index (χ1n) is 6.31. The van der Waals surface area contributed by atoms with E-state index in [9.17, 15) is 4.79 Å². The van der Waals surface area contributed by atoms with E-state index in [2.05, 4.69) is 27.9 Å². The third-order valence-corrected chi connectivity index (χ3v) is 3.78. The zero-order valence-electron chi connectivity index (χ0n) is 11.4. The highest BCUT2D eigenvalue weighted by atomic mass is 127. The number of hydrogen-bond acceptors (Lipinski definition) is 2. The fourth-order valence-corrected chi connectivity index (χ4v) is 2.34. The van der Waals surface area contributed by atoms with Gasteiger partial charge in [0.15, 0.2) is 0 Å². The quantitative estimate of drug-likeness (QED) is 0.819. The number of benzene rings is 2. The van der Waals surface area contributed by atoms with Crippen LogP contribution >= 0.6 is 22.6 Å². The molecule has 0 heterocycles. The monoisotopic (exact) mass is 381 g/mol. The van der Waals surface area contributed by atoms with Crippen LogP contribution in [0.5, 0.6) is 5.75 Å². The Labute approximate surface area is 132 Å². The summed E-state index contributed by atoms with van der Waals surface area (Å²) in [6, 6.07) is 15.1. The molecule has 2 rings (SSSR count). The van der Waals surface area contributed by atoms with Gasteiger partial charge in [-0.15, -0.1) is 0 Å². The van der Waals surface area contributed by atoms with Crippen LogP contribution in [0, 0.1) is 3.57 Å². The Bertz CT molecular complexity index is 596. The van der Waals surface area contributed by atoms with Crippen molar-refractivity contribution in [3.63, 3.8) is 0 Å². The molecule has 2 aromatic carbocycles. The molecule has 0 fully saturated rings. The summed E-state index contributed by atoms with van der Waals surface area (Å²) in [7, 11) is 1.63. The van der Waals surface area contributed by atoms with Crippen LogP contribution in [0.4, 0.5) is 0 Å². The number of para-hydroxylation sites is 1. The van der Waals surface area contributed by atoms with Crippen LogP contribution in [-0.2, 0) is 0 Å². The molecule has 1 N–H and O–H groups in total. The van der Waals surface area contributed by atoms with Crippen LogP contribution in [-0.4, -0.2) is 13.0 Å². The van der Waals surface area contributed by atoms with Crippen LogP contribution in [0.25, 0.3) is 0 Å².